The average molecular weight is 540 g/mol. The van der Waals surface area contributed by atoms with Gasteiger partial charge in [-0.2, -0.15) is 13.2 Å². The van der Waals surface area contributed by atoms with Gasteiger partial charge in [-0.1, -0.05) is 47.6 Å². The average Bonchev–Trinajstić information content (AvgIpc) is 2.92. The zero-order chi connectivity index (χ0) is 27.8. The molecule has 3 aromatic carbocycles. The highest BCUT2D eigenvalue weighted by Gasteiger charge is 2.30. The molecule has 0 atom stereocenters. The second-order valence-electron chi connectivity index (χ2n) is 9.62. The van der Waals surface area contributed by atoms with Gasteiger partial charge in [-0.3, -0.25) is 4.79 Å². The van der Waals surface area contributed by atoms with E-state index in [0.717, 1.165) is 41.9 Å². The number of benzene rings is 3. The summed E-state index contributed by atoms with van der Waals surface area (Å²) in [6.07, 6.45) is -3.89. The maximum atomic E-state index is 12.8. The minimum atomic E-state index is -4.38. The fourth-order valence-electron chi connectivity index (χ4n) is 4.23. The number of likely N-dealkylation sites (N-methyl/N-ethyl adjacent to an activating group) is 1. The summed E-state index contributed by atoms with van der Waals surface area (Å²) in [5.74, 6) is 0.584. The molecule has 1 saturated heterocycles. The molecule has 0 saturated carbocycles. The first kappa shape index (κ1) is 28.2. The lowest BCUT2D eigenvalue weighted by Gasteiger charge is -2.32. The minimum Gasteiger partial charge on any atom is -0.483 e. The number of halogens is 3. The molecule has 1 fully saturated rings. The van der Waals surface area contributed by atoms with Crippen molar-refractivity contribution in [2.75, 3.05) is 39.8 Å². The first-order valence-corrected chi connectivity index (χ1v) is 12.8. The van der Waals surface area contributed by atoms with E-state index in [0.29, 0.717) is 36.5 Å². The first-order chi connectivity index (χ1) is 18.7. The predicted octanol–water partition coefficient (Wildman–Crippen LogP) is 5.33. The minimum absolute atomic E-state index is 0.0227. The highest BCUT2D eigenvalue weighted by atomic mass is 19.4. The van der Waals surface area contributed by atoms with E-state index in [9.17, 15) is 18.0 Å². The Hall–Kier alpha value is -3.85. The van der Waals surface area contributed by atoms with Gasteiger partial charge in [0, 0.05) is 38.2 Å². The van der Waals surface area contributed by atoms with Crippen molar-refractivity contribution in [2.24, 2.45) is 5.16 Å². The summed E-state index contributed by atoms with van der Waals surface area (Å²) in [5.41, 5.74) is 3.24. The summed E-state index contributed by atoms with van der Waals surface area (Å²) in [4.78, 5) is 22.2. The molecule has 1 amide bonds. The van der Waals surface area contributed by atoms with E-state index in [2.05, 4.69) is 10.1 Å². The maximum absolute atomic E-state index is 12.8. The van der Waals surface area contributed by atoms with E-state index in [1.54, 1.807) is 0 Å². The largest absolute Gasteiger partial charge is 0.483 e. The topological polar surface area (TPSA) is 54.4 Å². The quantitative estimate of drug-likeness (QED) is 0.273. The lowest BCUT2D eigenvalue weighted by molar-refractivity contribution is -0.137. The molecule has 4 rings (SSSR count). The van der Waals surface area contributed by atoms with Crippen molar-refractivity contribution in [1.29, 1.82) is 0 Å². The van der Waals surface area contributed by atoms with E-state index in [4.69, 9.17) is 9.57 Å². The zero-order valence-electron chi connectivity index (χ0n) is 22.1. The van der Waals surface area contributed by atoms with E-state index in [1.807, 2.05) is 67.4 Å². The molecule has 3 aromatic rings. The molecule has 0 spiro atoms. The van der Waals surface area contributed by atoms with Gasteiger partial charge in [0.1, 0.15) is 12.4 Å². The predicted molar refractivity (Wildman–Crippen MR) is 144 cm³/mol. The summed E-state index contributed by atoms with van der Waals surface area (Å²) >= 11 is 0. The van der Waals surface area contributed by atoms with Crippen molar-refractivity contribution in [3.63, 3.8) is 0 Å². The van der Waals surface area contributed by atoms with Crippen LogP contribution < -0.4 is 4.74 Å². The molecule has 6 nitrogen and oxygen atoms in total. The molecule has 0 unspecified atom stereocenters. The molecule has 0 aliphatic carbocycles. The number of nitrogens with zero attached hydrogens (tertiary/aromatic N) is 3. The van der Waals surface area contributed by atoms with Crippen LogP contribution in [0.15, 0.2) is 78.0 Å². The van der Waals surface area contributed by atoms with Crippen molar-refractivity contribution >= 4 is 11.6 Å². The Morgan fingerprint density at radius 3 is 2.26 bits per heavy atom. The SMILES string of the molecule is Cc1cc(/C(Cc2ccccc2)=N/OCc2ccc(C(F)(F)F)cc2)ccc1OCC(=O)N1CCN(C)CC1. The molecule has 0 aromatic heterocycles. The number of amides is 1. The highest BCUT2D eigenvalue weighted by Crippen LogP contribution is 2.29. The molecule has 1 aliphatic heterocycles. The highest BCUT2D eigenvalue weighted by molar-refractivity contribution is 6.01. The van der Waals surface area contributed by atoms with E-state index in [-0.39, 0.29) is 19.1 Å². The Balaban J connectivity index is 1.44. The van der Waals surface area contributed by atoms with Crippen molar-refractivity contribution in [3.8, 4) is 5.75 Å². The van der Waals surface area contributed by atoms with Gasteiger partial charge >= 0.3 is 6.18 Å². The Bertz CT molecular complexity index is 1270. The number of rotatable bonds is 9. The van der Waals surface area contributed by atoms with Gasteiger partial charge in [0.05, 0.1) is 11.3 Å². The number of carbonyl (C=O) groups is 1. The smallest absolute Gasteiger partial charge is 0.416 e. The summed E-state index contributed by atoms with van der Waals surface area (Å²) in [7, 11) is 2.04. The van der Waals surface area contributed by atoms with E-state index < -0.39 is 11.7 Å². The number of hydrogen-bond donors (Lipinski definition) is 0. The molecule has 39 heavy (non-hydrogen) atoms. The third-order valence-electron chi connectivity index (χ3n) is 6.62. The summed E-state index contributed by atoms with van der Waals surface area (Å²) in [6, 6.07) is 20.2. The number of carbonyl (C=O) groups excluding carboxylic acids is 1. The lowest BCUT2D eigenvalue weighted by Crippen LogP contribution is -2.48. The third kappa shape index (κ3) is 8.07. The van der Waals surface area contributed by atoms with Crippen molar-refractivity contribution in [2.45, 2.75) is 26.1 Å². The molecule has 1 heterocycles. The Labute approximate surface area is 226 Å². The molecular formula is C30H32F3N3O3. The number of piperazine rings is 1. The standard InChI is InChI=1S/C30H32F3N3O3/c1-22-18-25(10-13-28(22)38-21-29(37)36-16-14-35(2)15-17-36)27(19-23-6-4-3-5-7-23)34-39-20-24-8-11-26(12-9-24)30(31,32)33/h3-13,18H,14-17,19-21H2,1-2H3/b34-27+. The van der Waals surface area contributed by atoms with Crippen LogP contribution >= 0.6 is 0 Å². The second-order valence-corrected chi connectivity index (χ2v) is 9.62. The van der Waals surface area contributed by atoms with Crippen LogP contribution in [0.25, 0.3) is 0 Å². The Morgan fingerprint density at radius 2 is 1.62 bits per heavy atom. The molecule has 0 radical (unpaired) electrons. The van der Waals surface area contributed by atoms with Crippen LogP contribution in [0, 0.1) is 6.92 Å². The fraction of sp³-hybridized carbons (Fsp3) is 0.333. The van der Waals surface area contributed by atoms with Gasteiger partial charge < -0.3 is 19.4 Å². The molecule has 1 aliphatic rings. The molecule has 0 bridgehead atoms. The van der Waals surface area contributed by atoms with Crippen molar-refractivity contribution in [3.05, 3.63) is 101 Å². The van der Waals surface area contributed by atoms with Crippen molar-refractivity contribution in [1.82, 2.24) is 9.80 Å². The molecule has 0 N–H and O–H groups in total. The van der Waals surface area contributed by atoms with E-state index in [1.165, 1.54) is 12.1 Å². The second kappa shape index (κ2) is 12.8. The van der Waals surface area contributed by atoms with Crippen LogP contribution in [0.2, 0.25) is 0 Å². The summed E-state index contributed by atoms with van der Waals surface area (Å²) < 4.78 is 44.4. The first-order valence-electron chi connectivity index (χ1n) is 12.8. The number of alkyl halides is 3. The normalized spacial score (nSPS) is 14.8. The zero-order valence-corrected chi connectivity index (χ0v) is 22.1. The van der Waals surface area contributed by atoms with E-state index >= 15 is 0 Å². The van der Waals surface area contributed by atoms with Gasteiger partial charge in [-0.15, -0.1) is 0 Å². The van der Waals surface area contributed by atoms with Crippen LogP contribution in [0.5, 0.6) is 5.75 Å². The summed E-state index contributed by atoms with van der Waals surface area (Å²) in [5, 5.41) is 4.36. The summed E-state index contributed by atoms with van der Waals surface area (Å²) in [6.45, 7) is 5.01. The van der Waals surface area contributed by atoms with Crippen molar-refractivity contribution < 1.29 is 27.5 Å². The van der Waals surface area contributed by atoms with Gasteiger partial charge in [0.15, 0.2) is 6.61 Å². The molecule has 206 valence electrons. The third-order valence-corrected chi connectivity index (χ3v) is 6.62. The number of ether oxygens (including phenoxy) is 1. The Morgan fingerprint density at radius 1 is 0.923 bits per heavy atom. The molecule has 9 heteroatoms. The van der Waals surface area contributed by atoms with Crippen LogP contribution in [0.1, 0.15) is 27.8 Å². The van der Waals surface area contributed by atoms with Gasteiger partial charge in [0.25, 0.3) is 5.91 Å². The van der Waals surface area contributed by atoms with Gasteiger partial charge in [0.2, 0.25) is 0 Å². The van der Waals surface area contributed by atoms with Crippen LogP contribution in [-0.2, 0) is 28.8 Å². The maximum Gasteiger partial charge on any atom is 0.416 e. The fourth-order valence-corrected chi connectivity index (χ4v) is 4.23. The molecular weight excluding hydrogens is 507 g/mol. The van der Waals surface area contributed by atoms with Crippen LogP contribution in [0.3, 0.4) is 0 Å². The number of oxime groups is 1. The van der Waals surface area contributed by atoms with Crippen LogP contribution in [-0.4, -0.2) is 61.3 Å². The number of aryl methyl sites for hydroxylation is 1. The number of hydrogen-bond acceptors (Lipinski definition) is 5. The Kier molecular flexibility index (Phi) is 9.24. The monoisotopic (exact) mass is 539 g/mol. The van der Waals surface area contributed by atoms with Gasteiger partial charge in [-0.05, 0) is 61.0 Å². The van der Waals surface area contributed by atoms with Crippen LogP contribution in [0.4, 0.5) is 13.2 Å². The lowest BCUT2D eigenvalue weighted by atomic mass is 10.0. The van der Waals surface area contributed by atoms with Gasteiger partial charge in [-0.25, -0.2) is 0 Å².